The van der Waals surface area contributed by atoms with Crippen molar-refractivity contribution in [3.63, 3.8) is 0 Å². The Bertz CT molecular complexity index is 269. The van der Waals surface area contributed by atoms with E-state index >= 15 is 0 Å². The third-order valence-electron chi connectivity index (χ3n) is 1.69. The van der Waals surface area contributed by atoms with Gasteiger partial charge in [-0.05, 0) is 18.9 Å². The van der Waals surface area contributed by atoms with E-state index in [1.54, 1.807) is 6.92 Å². The zero-order chi connectivity index (χ0) is 8.97. The van der Waals surface area contributed by atoms with Crippen LogP contribution in [-0.2, 0) is 44.9 Å². The summed E-state index contributed by atoms with van der Waals surface area (Å²) in [5.74, 6) is 0.234. The Morgan fingerprint density at radius 2 is 1.85 bits per heavy atom. The predicted molar refractivity (Wildman–Crippen MR) is 51.1 cm³/mol. The fraction of sp³-hybridized carbons (Fsp3) is 0.300. The van der Waals surface area contributed by atoms with Gasteiger partial charge in [-0.25, -0.2) is 0 Å². The quantitative estimate of drug-likeness (QED) is 0.766. The van der Waals surface area contributed by atoms with Gasteiger partial charge < -0.3 is 17.4 Å². The number of aryl methyl sites for hydroxylation is 1. The molecule has 0 aliphatic carbocycles. The summed E-state index contributed by atoms with van der Waals surface area (Å²) >= 11 is 4.94. The van der Waals surface area contributed by atoms with Crippen LogP contribution in [0.15, 0.2) is 29.2 Å². The van der Waals surface area contributed by atoms with Crippen molar-refractivity contribution < 1.29 is 25.9 Å². The number of carbonyl (C=O) groups excluding carboxylic acids is 1. The van der Waals surface area contributed by atoms with Gasteiger partial charge in [0.2, 0.25) is 0 Å². The van der Waals surface area contributed by atoms with E-state index in [2.05, 4.69) is 0 Å². The number of rotatable bonds is 3. The summed E-state index contributed by atoms with van der Waals surface area (Å²) in [7, 11) is 0. The van der Waals surface area contributed by atoms with Crippen molar-refractivity contribution in [3.8, 4) is 0 Å². The van der Waals surface area contributed by atoms with Gasteiger partial charge in [0.1, 0.15) is 5.78 Å². The molecule has 0 spiro atoms. The van der Waals surface area contributed by atoms with E-state index in [0.29, 0.717) is 6.42 Å². The second kappa shape index (κ2) is 6.28. The van der Waals surface area contributed by atoms with Gasteiger partial charge in [-0.15, -0.1) is 0 Å². The summed E-state index contributed by atoms with van der Waals surface area (Å²) in [6.45, 7) is 1.61. The van der Waals surface area contributed by atoms with Crippen LogP contribution in [0.4, 0.5) is 0 Å². The monoisotopic (exact) mass is 363 g/mol. The van der Waals surface area contributed by atoms with Crippen LogP contribution in [-0.4, -0.2) is 5.78 Å². The molecule has 1 aromatic rings. The molecule has 1 rings (SSSR count). The van der Waals surface area contributed by atoms with E-state index in [4.69, 9.17) is 12.6 Å². The van der Waals surface area contributed by atoms with Gasteiger partial charge >= 0.3 is 0 Å². The Labute approximate surface area is 98.6 Å². The van der Waals surface area contributed by atoms with Crippen molar-refractivity contribution in [1.82, 2.24) is 0 Å². The van der Waals surface area contributed by atoms with Crippen molar-refractivity contribution in [3.05, 3.63) is 29.8 Å². The van der Waals surface area contributed by atoms with Crippen molar-refractivity contribution in [2.24, 2.45) is 0 Å². The van der Waals surface area contributed by atoms with Gasteiger partial charge in [0.05, 0.1) is 0 Å². The van der Waals surface area contributed by atoms with Crippen LogP contribution in [0.5, 0.6) is 0 Å². The standard InChI is InChI=1S/C10H12OS.W/c1-8(11)2-3-9-4-6-10(12)7-5-9;/h4-7,12H,2-3H2,1H3;/p-1. The molecule has 0 aromatic heterocycles. The first-order valence-electron chi connectivity index (χ1n) is 3.94. The number of carbonyl (C=O) groups is 1. The second-order valence-corrected chi connectivity index (χ2v) is 3.32. The Morgan fingerprint density at radius 1 is 1.31 bits per heavy atom. The second-order valence-electron chi connectivity index (χ2n) is 2.85. The molecular weight excluding hydrogens is 352 g/mol. The molecule has 0 unspecified atom stereocenters. The SMILES string of the molecule is CC(=O)CCc1ccc([S-])cc1.[W]. The largest absolute Gasteiger partial charge is 0.780 e. The third kappa shape index (κ3) is 5.17. The summed E-state index contributed by atoms with van der Waals surface area (Å²) < 4.78 is 0. The molecule has 0 atom stereocenters. The molecule has 0 aliphatic heterocycles. The molecule has 3 heteroatoms. The molecule has 0 radical (unpaired) electrons. The van der Waals surface area contributed by atoms with Crippen LogP contribution in [0.1, 0.15) is 18.9 Å². The van der Waals surface area contributed by atoms with Crippen LogP contribution in [0.3, 0.4) is 0 Å². The molecule has 0 saturated heterocycles. The van der Waals surface area contributed by atoms with Gasteiger partial charge in [0.25, 0.3) is 0 Å². The van der Waals surface area contributed by atoms with E-state index in [0.717, 1.165) is 11.3 Å². The van der Waals surface area contributed by atoms with Crippen LogP contribution in [0, 0.1) is 0 Å². The van der Waals surface area contributed by atoms with E-state index in [-0.39, 0.29) is 26.8 Å². The molecule has 1 aromatic carbocycles. The molecular formula is C10H11OSW-. The van der Waals surface area contributed by atoms with Crippen molar-refractivity contribution in [2.45, 2.75) is 24.7 Å². The normalized spacial score (nSPS) is 9.00. The minimum Gasteiger partial charge on any atom is -0.780 e. The van der Waals surface area contributed by atoms with E-state index in [1.807, 2.05) is 24.3 Å². The summed E-state index contributed by atoms with van der Waals surface area (Å²) in [6.07, 6.45) is 1.45. The Morgan fingerprint density at radius 3 is 2.31 bits per heavy atom. The third-order valence-corrected chi connectivity index (χ3v) is 1.96. The first kappa shape index (κ1) is 12.8. The number of Topliss-reactive ketones (excluding diaryl/α,β-unsaturated/α-hetero) is 1. The number of hydrogen-bond donors (Lipinski definition) is 0. The minimum atomic E-state index is 0. The van der Waals surface area contributed by atoms with Gasteiger partial charge in [-0.2, -0.15) is 4.90 Å². The molecule has 0 bridgehead atoms. The van der Waals surface area contributed by atoms with E-state index < -0.39 is 0 Å². The molecule has 0 heterocycles. The first-order valence-corrected chi connectivity index (χ1v) is 4.34. The van der Waals surface area contributed by atoms with Gasteiger partial charge in [-0.3, -0.25) is 0 Å². The fourth-order valence-electron chi connectivity index (χ4n) is 0.976. The van der Waals surface area contributed by atoms with Gasteiger partial charge in [-0.1, -0.05) is 24.3 Å². The number of hydrogen-bond acceptors (Lipinski definition) is 2. The molecule has 13 heavy (non-hydrogen) atoms. The molecule has 0 fully saturated rings. The summed E-state index contributed by atoms with van der Waals surface area (Å²) in [5.41, 5.74) is 1.18. The maximum Gasteiger partial charge on any atom is 0.130 e. The predicted octanol–water partition coefficient (Wildman–Crippen LogP) is 2.11. The molecule has 0 saturated carbocycles. The van der Waals surface area contributed by atoms with Crippen LogP contribution < -0.4 is 0 Å². The Hall–Kier alpha value is -0.202. The maximum atomic E-state index is 10.7. The number of benzene rings is 1. The van der Waals surface area contributed by atoms with Crippen LogP contribution >= 0.6 is 0 Å². The average Bonchev–Trinajstić information content (AvgIpc) is 2.03. The summed E-state index contributed by atoms with van der Waals surface area (Å²) in [4.78, 5) is 11.5. The zero-order valence-corrected chi connectivity index (χ0v) is 11.2. The van der Waals surface area contributed by atoms with Crippen LogP contribution in [0.25, 0.3) is 0 Å². The van der Waals surface area contributed by atoms with E-state index in [9.17, 15) is 4.79 Å². The molecule has 0 aliphatic rings. The van der Waals surface area contributed by atoms with Crippen molar-refractivity contribution in [1.29, 1.82) is 0 Å². The topological polar surface area (TPSA) is 17.1 Å². The first-order chi connectivity index (χ1) is 5.68. The van der Waals surface area contributed by atoms with Crippen molar-refractivity contribution in [2.75, 3.05) is 0 Å². The Balaban J connectivity index is 0.00000144. The van der Waals surface area contributed by atoms with Crippen molar-refractivity contribution >= 4 is 18.4 Å². The number of ketones is 1. The fourth-order valence-corrected chi connectivity index (χ4v) is 1.11. The molecule has 1 nitrogen and oxygen atoms in total. The molecule has 70 valence electrons. The smallest absolute Gasteiger partial charge is 0.130 e. The maximum absolute atomic E-state index is 10.7. The summed E-state index contributed by atoms with van der Waals surface area (Å²) in [6, 6.07) is 7.74. The van der Waals surface area contributed by atoms with Gasteiger partial charge in [0, 0.05) is 27.5 Å². The minimum absolute atomic E-state index is 0. The van der Waals surface area contributed by atoms with Crippen LogP contribution in [0.2, 0.25) is 0 Å². The summed E-state index contributed by atoms with van der Waals surface area (Å²) in [5, 5.41) is 0. The molecule has 0 amide bonds. The van der Waals surface area contributed by atoms with Gasteiger partial charge in [0.15, 0.2) is 0 Å². The van der Waals surface area contributed by atoms with E-state index in [1.165, 1.54) is 5.56 Å². The molecule has 0 N–H and O–H groups in total. The zero-order valence-electron chi connectivity index (χ0n) is 7.45. The average molecular weight is 363 g/mol. The Kier molecular flexibility index (Phi) is 6.18.